The van der Waals surface area contributed by atoms with Crippen LogP contribution in [0.5, 0.6) is 0 Å². The van der Waals surface area contributed by atoms with Crippen molar-refractivity contribution in [3.05, 3.63) is 22.1 Å². The number of hydrogen-bond acceptors (Lipinski definition) is 7. The van der Waals surface area contributed by atoms with Crippen LogP contribution in [-0.4, -0.2) is 49.3 Å². The number of aryl methyl sites for hydroxylation is 1. The standard InChI is InChI=1S/C16H19N5O3S/c1-8-18-15-11(9-6-16(2,3)24-7-10(9)25-15)13-19-12(20-21(8)13)14(23)17-4-5-22/h22H,4-7H2,1-3H3,(H,17,23). The molecule has 0 saturated heterocycles. The Labute approximate surface area is 147 Å². The zero-order valence-electron chi connectivity index (χ0n) is 14.3. The summed E-state index contributed by atoms with van der Waals surface area (Å²) in [6.07, 6.45) is 0.766. The van der Waals surface area contributed by atoms with Gasteiger partial charge in [0.25, 0.3) is 5.91 Å². The maximum atomic E-state index is 12.2. The molecule has 0 radical (unpaired) electrons. The molecule has 0 spiro atoms. The van der Waals surface area contributed by atoms with Gasteiger partial charge in [-0.25, -0.2) is 9.97 Å². The van der Waals surface area contributed by atoms with Gasteiger partial charge in [-0.05, 0) is 26.3 Å². The van der Waals surface area contributed by atoms with E-state index >= 15 is 0 Å². The van der Waals surface area contributed by atoms with Crippen LogP contribution in [0, 0.1) is 6.92 Å². The summed E-state index contributed by atoms with van der Waals surface area (Å²) in [5.74, 6) is 0.352. The first kappa shape index (κ1) is 16.4. The lowest BCUT2D eigenvalue weighted by Gasteiger charge is -2.30. The molecule has 1 aliphatic rings. The molecule has 132 valence electrons. The third kappa shape index (κ3) is 2.68. The molecule has 2 N–H and O–H groups in total. The van der Waals surface area contributed by atoms with Gasteiger partial charge in [0.2, 0.25) is 5.82 Å². The minimum Gasteiger partial charge on any atom is -0.395 e. The summed E-state index contributed by atoms with van der Waals surface area (Å²) in [6, 6.07) is 0. The van der Waals surface area contributed by atoms with Gasteiger partial charge in [0.1, 0.15) is 10.7 Å². The van der Waals surface area contributed by atoms with Gasteiger partial charge in [0.15, 0.2) is 5.65 Å². The maximum Gasteiger partial charge on any atom is 0.291 e. The lowest BCUT2D eigenvalue weighted by atomic mass is 9.94. The summed E-state index contributed by atoms with van der Waals surface area (Å²) >= 11 is 1.61. The Morgan fingerprint density at radius 2 is 2.24 bits per heavy atom. The number of aromatic nitrogens is 4. The van der Waals surface area contributed by atoms with Crippen LogP contribution in [-0.2, 0) is 17.8 Å². The highest BCUT2D eigenvalue weighted by Crippen LogP contribution is 2.39. The Balaban J connectivity index is 1.91. The molecule has 0 unspecified atom stereocenters. The third-order valence-electron chi connectivity index (χ3n) is 4.27. The Morgan fingerprint density at radius 3 is 3.00 bits per heavy atom. The number of aliphatic hydroxyl groups is 1. The highest BCUT2D eigenvalue weighted by atomic mass is 32.1. The quantitative estimate of drug-likeness (QED) is 0.727. The van der Waals surface area contributed by atoms with E-state index in [1.807, 2.05) is 6.92 Å². The summed E-state index contributed by atoms with van der Waals surface area (Å²) < 4.78 is 7.52. The van der Waals surface area contributed by atoms with E-state index in [1.54, 1.807) is 15.9 Å². The zero-order valence-corrected chi connectivity index (χ0v) is 15.1. The first-order valence-corrected chi connectivity index (χ1v) is 8.92. The Bertz CT molecular complexity index is 991. The number of rotatable bonds is 3. The van der Waals surface area contributed by atoms with Gasteiger partial charge in [0.05, 0.1) is 24.2 Å². The molecule has 0 fully saturated rings. The maximum absolute atomic E-state index is 12.2. The van der Waals surface area contributed by atoms with Crippen molar-refractivity contribution >= 4 is 33.1 Å². The molecule has 0 aliphatic carbocycles. The topological polar surface area (TPSA) is 102 Å². The predicted octanol–water partition coefficient (Wildman–Crippen LogP) is 1.22. The SMILES string of the molecule is Cc1nc2sc3c(c2c2nc(C(=O)NCCO)nn12)CC(C)(C)OC3. The number of hydrogen-bond donors (Lipinski definition) is 2. The average molecular weight is 361 g/mol. The smallest absolute Gasteiger partial charge is 0.291 e. The molecule has 3 aromatic heterocycles. The van der Waals surface area contributed by atoms with Gasteiger partial charge in [-0.3, -0.25) is 4.79 Å². The number of nitrogens with zero attached hydrogens (tertiary/aromatic N) is 4. The van der Waals surface area contributed by atoms with Crippen molar-refractivity contribution in [1.29, 1.82) is 0 Å². The van der Waals surface area contributed by atoms with Crippen LogP contribution < -0.4 is 5.32 Å². The van der Waals surface area contributed by atoms with Gasteiger partial charge in [-0.15, -0.1) is 16.4 Å². The minimum atomic E-state index is -0.405. The summed E-state index contributed by atoms with van der Waals surface area (Å²) in [5, 5.41) is 16.7. The Kier molecular flexibility index (Phi) is 3.75. The molecule has 4 heterocycles. The van der Waals surface area contributed by atoms with Gasteiger partial charge >= 0.3 is 0 Å². The molecule has 9 heteroatoms. The van der Waals surface area contributed by atoms with Crippen LogP contribution in [0.4, 0.5) is 0 Å². The number of carbonyl (C=O) groups is 1. The summed E-state index contributed by atoms with van der Waals surface area (Å²) in [6.45, 7) is 6.57. The molecule has 0 aromatic carbocycles. The van der Waals surface area contributed by atoms with E-state index < -0.39 is 5.91 Å². The van der Waals surface area contributed by atoms with Crippen LogP contribution >= 0.6 is 11.3 Å². The van der Waals surface area contributed by atoms with Crippen LogP contribution in [0.15, 0.2) is 0 Å². The van der Waals surface area contributed by atoms with Crippen LogP contribution in [0.3, 0.4) is 0 Å². The van der Waals surface area contributed by atoms with Crippen molar-refractivity contribution in [3.8, 4) is 0 Å². The molecule has 25 heavy (non-hydrogen) atoms. The molecule has 1 amide bonds. The number of ether oxygens (including phenoxy) is 1. The van der Waals surface area contributed by atoms with Crippen LogP contribution in [0.1, 0.15) is 40.7 Å². The van der Waals surface area contributed by atoms with E-state index in [0.717, 1.165) is 21.5 Å². The van der Waals surface area contributed by atoms with E-state index in [2.05, 4.69) is 34.2 Å². The number of aliphatic hydroxyl groups excluding tert-OH is 1. The zero-order chi connectivity index (χ0) is 17.8. The lowest BCUT2D eigenvalue weighted by molar-refractivity contribution is -0.0379. The predicted molar refractivity (Wildman–Crippen MR) is 92.9 cm³/mol. The van der Waals surface area contributed by atoms with Crippen molar-refractivity contribution in [2.24, 2.45) is 0 Å². The summed E-state index contributed by atoms with van der Waals surface area (Å²) in [7, 11) is 0. The van der Waals surface area contributed by atoms with E-state index in [-0.39, 0.29) is 24.6 Å². The molecule has 1 aliphatic heterocycles. The second-order valence-electron chi connectivity index (χ2n) is 6.72. The average Bonchev–Trinajstić information content (AvgIpc) is 3.13. The van der Waals surface area contributed by atoms with Crippen molar-refractivity contribution in [2.75, 3.05) is 13.2 Å². The monoisotopic (exact) mass is 361 g/mol. The number of amides is 1. The van der Waals surface area contributed by atoms with Crippen LogP contribution in [0.2, 0.25) is 0 Å². The number of fused-ring (bicyclic) bond motifs is 5. The highest BCUT2D eigenvalue weighted by Gasteiger charge is 2.31. The molecular formula is C16H19N5O3S. The first-order valence-electron chi connectivity index (χ1n) is 8.10. The Morgan fingerprint density at radius 1 is 1.44 bits per heavy atom. The molecule has 3 aromatic rings. The minimum absolute atomic E-state index is 0.0807. The second kappa shape index (κ2) is 5.72. The van der Waals surface area contributed by atoms with Gasteiger partial charge in [-0.2, -0.15) is 4.52 Å². The van der Waals surface area contributed by atoms with E-state index in [4.69, 9.17) is 9.84 Å². The van der Waals surface area contributed by atoms with Crippen molar-refractivity contribution in [1.82, 2.24) is 24.9 Å². The fourth-order valence-corrected chi connectivity index (χ4v) is 4.23. The van der Waals surface area contributed by atoms with E-state index in [0.29, 0.717) is 18.1 Å². The summed E-state index contributed by atoms with van der Waals surface area (Å²) in [5.41, 5.74) is 1.58. The fourth-order valence-electron chi connectivity index (χ4n) is 3.09. The first-order chi connectivity index (χ1) is 11.9. The van der Waals surface area contributed by atoms with E-state index in [1.165, 1.54) is 5.56 Å². The number of thiophene rings is 1. The van der Waals surface area contributed by atoms with Crippen molar-refractivity contribution < 1.29 is 14.6 Å². The number of nitrogens with one attached hydrogen (secondary N) is 1. The fraction of sp³-hybridized carbons (Fsp3) is 0.500. The number of carbonyl (C=O) groups excluding carboxylic acids is 1. The van der Waals surface area contributed by atoms with Crippen molar-refractivity contribution in [2.45, 2.75) is 39.4 Å². The third-order valence-corrected chi connectivity index (χ3v) is 5.37. The highest BCUT2D eigenvalue weighted by molar-refractivity contribution is 7.19. The molecule has 0 atom stereocenters. The lowest BCUT2D eigenvalue weighted by Crippen LogP contribution is -2.31. The molecule has 0 saturated carbocycles. The molecule has 4 rings (SSSR count). The van der Waals surface area contributed by atoms with Gasteiger partial charge in [0, 0.05) is 17.8 Å². The van der Waals surface area contributed by atoms with Gasteiger partial charge in [-0.1, -0.05) is 0 Å². The van der Waals surface area contributed by atoms with Crippen LogP contribution in [0.25, 0.3) is 15.9 Å². The molecule has 8 nitrogen and oxygen atoms in total. The van der Waals surface area contributed by atoms with E-state index in [9.17, 15) is 4.79 Å². The Hall–Kier alpha value is -2.10. The second-order valence-corrected chi connectivity index (χ2v) is 7.80. The van der Waals surface area contributed by atoms with Crippen molar-refractivity contribution in [3.63, 3.8) is 0 Å². The normalized spacial score (nSPS) is 16.3. The molecular weight excluding hydrogens is 342 g/mol. The largest absolute Gasteiger partial charge is 0.395 e. The summed E-state index contributed by atoms with van der Waals surface area (Å²) in [4.78, 5) is 23.3. The van der Waals surface area contributed by atoms with Gasteiger partial charge < -0.3 is 15.2 Å². The molecule has 0 bridgehead atoms.